The molecule has 2 aromatic rings. The average Bonchev–Trinajstić information content (AvgIpc) is 3.40. The third kappa shape index (κ3) is 3.80. The predicted molar refractivity (Wildman–Crippen MR) is 107 cm³/mol. The lowest BCUT2D eigenvalue weighted by Gasteiger charge is -2.40. The van der Waals surface area contributed by atoms with Crippen LogP contribution in [0.4, 0.5) is 0 Å². The molecular weight excluding hydrogens is 392 g/mol. The van der Waals surface area contributed by atoms with Gasteiger partial charge in [0.15, 0.2) is 12.6 Å². The molecule has 0 N–H and O–H groups in total. The van der Waals surface area contributed by atoms with E-state index in [1.54, 1.807) is 31.4 Å². The highest BCUT2D eigenvalue weighted by Gasteiger charge is 2.65. The fourth-order valence-electron chi connectivity index (χ4n) is 3.94. The van der Waals surface area contributed by atoms with Crippen molar-refractivity contribution in [3.8, 4) is 5.75 Å². The molecule has 1 aliphatic heterocycles. The van der Waals surface area contributed by atoms with E-state index in [1.807, 2.05) is 39.0 Å². The Labute approximate surface area is 171 Å². The quantitative estimate of drug-likeness (QED) is 0.635. The fourth-order valence-corrected chi connectivity index (χ4v) is 4.92. The van der Waals surface area contributed by atoms with Crippen molar-refractivity contribution >= 4 is 10.1 Å². The average molecular weight is 419 g/mol. The summed E-state index contributed by atoms with van der Waals surface area (Å²) in [6.45, 7) is 5.76. The Morgan fingerprint density at radius 3 is 2.41 bits per heavy atom. The van der Waals surface area contributed by atoms with Crippen molar-refractivity contribution < 1.29 is 26.8 Å². The van der Waals surface area contributed by atoms with Crippen molar-refractivity contribution in [1.82, 2.24) is 0 Å². The molecule has 0 unspecified atom stereocenters. The highest BCUT2D eigenvalue weighted by atomic mass is 32.2. The third-order valence-corrected chi connectivity index (χ3v) is 7.15. The summed E-state index contributed by atoms with van der Waals surface area (Å²) in [5.41, 5.74) is 2.67. The van der Waals surface area contributed by atoms with E-state index in [0.717, 1.165) is 28.9 Å². The van der Waals surface area contributed by atoms with Gasteiger partial charge in [-0.15, -0.1) is 0 Å². The van der Waals surface area contributed by atoms with Crippen molar-refractivity contribution in [3.63, 3.8) is 0 Å². The Morgan fingerprint density at radius 1 is 1.10 bits per heavy atom. The number of benzene rings is 2. The SMILES string of the molecule is COc1ccc(C)c([C@@H]2C[C@@]2(COS(=O)(=O)c2ccc(C)cc2)C2OC(C)O2)c1. The van der Waals surface area contributed by atoms with Gasteiger partial charge in [-0.3, -0.25) is 4.18 Å². The summed E-state index contributed by atoms with van der Waals surface area (Å²) in [7, 11) is -2.24. The Balaban J connectivity index is 1.57. The molecule has 7 heteroatoms. The zero-order valence-electron chi connectivity index (χ0n) is 17.0. The van der Waals surface area contributed by atoms with Crippen LogP contribution in [0.1, 0.15) is 36.0 Å². The van der Waals surface area contributed by atoms with Gasteiger partial charge >= 0.3 is 0 Å². The zero-order chi connectivity index (χ0) is 20.8. The first-order valence-electron chi connectivity index (χ1n) is 9.67. The van der Waals surface area contributed by atoms with E-state index in [2.05, 4.69) is 0 Å². The Hall–Kier alpha value is -1.93. The molecule has 0 bridgehead atoms. The van der Waals surface area contributed by atoms with Crippen LogP contribution in [0, 0.1) is 19.3 Å². The molecular formula is C22H26O6S. The van der Waals surface area contributed by atoms with Crippen LogP contribution in [0.15, 0.2) is 47.4 Å². The van der Waals surface area contributed by atoms with E-state index >= 15 is 0 Å². The number of hydrogen-bond acceptors (Lipinski definition) is 6. The van der Waals surface area contributed by atoms with Gasteiger partial charge in [0.2, 0.25) is 0 Å². The number of ether oxygens (including phenoxy) is 3. The van der Waals surface area contributed by atoms with Gasteiger partial charge in [0.1, 0.15) is 5.75 Å². The van der Waals surface area contributed by atoms with Crippen LogP contribution in [-0.4, -0.2) is 34.7 Å². The van der Waals surface area contributed by atoms with E-state index in [-0.39, 0.29) is 23.7 Å². The monoisotopic (exact) mass is 418 g/mol. The maximum absolute atomic E-state index is 12.7. The number of hydrogen-bond donors (Lipinski definition) is 0. The molecule has 1 heterocycles. The summed E-state index contributed by atoms with van der Waals surface area (Å²) in [4.78, 5) is 0.150. The normalized spacial score (nSPS) is 28.6. The number of aryl methyl sites for hydroxylation is 2. The zero-order valence-corrected chi connectivity index (χ0v) is 17.9. The molecule has 2 fully saturated rings. The Kier molecular flexibility index (Phi) is 5.19. The molecule has 4 rings (SSSR count). The largest absolute Gasteiger partial charge is 0.497 e. The molecule has 1 saturated carbocycles. The summed E-state index contributed by atoms with van der Waals surface area (Å²) < 4.78 is 47.8. The molecule has 0 spiro atoms. The second-order valence-corrected chi connectivity index (χ2v) is 9.53. The smallest absolute Gasteiger partial charge is 0.296 e. The summed E-state index contributed by atoms with van der Waals surface area (Å²) in [6.07, 6.45) is -0.0542. The van der Waals surface area contributed by atoms with Crippen LogP contribution in [-0.2, 0) is 23.8 Å². The molecule has 0 amide bonds. The molecule has 29 heavy (non-hydrogen) atoms. The first-order chi connectivity index (χ1) is 13.7. The Morgan fingerprint density at radius 2 is 1.79 bits per heavy atom. The van der Waals surface area contributed by atoms with Gasteiger partial charge in [0.25, 0.3) is 10.1 Å². The van der Waals surface area contributed by atoms with Crippen LogP contribution >= 0.6 is 0 Å². The summed E-state index contributed by atoms with van der Waals surface area (Å²) in [6, 6.07) is 12.6. The van der Waals surface area contributed by atoms with E-state index in [0.29, 0.717) is 0 Å². The van der Waals surface area contributed by atoms with Gasteiger partial charge in [-0.2, -0.15) is 8.42 Å². The third-order valence-electron chi connectivity index (χ3n) is 5.87. The fraction of sp³-hybridized carbons (Fsp3) is 0.455. The first-order valence-corrected chi connectivity index (χ1v) is 11.1. The predicted octanol–water partition coefficient (Wildman–Crippen LogP) is 3.91. The molecule has 2 atom stereocenters. The standard InChI is InChI=1S/C22H26O6S/c1-14-5-9-18(10-6-14)29(23,24)26-13-22(21-27-16(3)28-21)12-20(22)19-11-17(25-4)8-7-15(19)2/h5-11,16,20-21H,12-13H2,1-4H3/t16?,20-,21?,22-/m0/s1. The molecule has 2 aromatic carbocycles. The Bertz CT molecular complexity index is 994. The van der Waals surface area contributed by atoms with E-state index in [4.69, 9.17) is 18.4 Å². The molecule has 0 aromatic heterocycles. The summed E-state index contributed by atoms with van der Waals surface area (Å²) in [5.74, 6) is 0.840. The topological polar surface area (TPSA) is 71.1 Å². The van der Waals surface area contributed by atoms with E-state index in [9.17, 15) is 8.42 Å². The first kappa shape index (κ1) is 20.3. The second-order valence-electron chi connectivity index (χ2n) is 7.91. The minimum absolute atomic E-state index is 0.00190. The lowest BCUT2D eigenvalue weighted by molar-refractivity contribution is -0.399. The molecule has 6 nitrogen and oxygen atoms in total. The van der Waals surface area contributed by atoms with E-state index in [1.165, 1.54) is 0 Å². The minimum atomic E-state index is -3.87. The van der Waals surface area contributed by atoms with Crippen molar-refractivity contribution in [3.05, 3.63) is 59.2 Å². The summed E-state index contributed by atoms with van der Waals surface area (Å²) >= 11 is 0. The highest BCUT2D eigenvalue weighted by Crippen LogP contribution is 2.65. The second kappa shape index (κ2) is 7.40. The van der Waals surface area contributed by atoms with Crippen LogP contribution in [0.25, 0.3) is 0 Å². The van der Waals surface area contributed by atoms with Crippen LogP contribution < -0.4 is 4.74 Å². The molecule has 156 valence electrons. The summed E-state index contributed by atoms with van der Waals surface area (Å²) in [5, 5.41) is 0. The molecule has 1 aliphatic carbocycles. The number of rotatable bonds is 7. The van der Waals surface area contributed by atoms with Gasteiger partial charge in [0, 0.05) is 0 Å². The van der Waals surface area contributed by atoms with Crippen molar-refractivity contribution in [2.24, 2.45) is 5.41 Å². The van der Waals surface area contributed by atoms with Crippen molar-refractivity contribution in [2.45, 2.75) is 50.6 Å². The molecule has 1 saturated heterocycles. The van der Waals surface area contributed by atoms with Crippen LogP contribution in [0.2, 0.25) is 0 Å². The lowest BCUT2D eigenvalue weighted by atomic mass is 9.95. The van der Waals surface area contributed by atoms with Gasteiger partial charge in [0.05, 0.1) is 24.0 Å². The molecule has 2 aliphatic rings. The van der Waals surface area contributed by atoms with Crippen LogP contribution in [0.3, 0.4) is 0 Å². The minimum Gasteiger partial charge on any atom is -0.497 e. The highest BCUT2D eigenvalue weighted by molar-refractivity contribution is 7.86. The van der Waals surface area contributed by atoms with Gasteiger partial charge in [-0.05, 0) is 68.5 Å². The molecule has 0 radical (unpaired) electrons. The van der Waals surface area contributed by atoms with Gasteiger partial charge in [-0.1, -0.05) is 23.8 Å². The van der Waals surface area contributed by atoms with E-state index < -0.39 is 21.8 Å². The maximum atomic E-state index is 12.7. The van der Waals surface area contributed by atoms with Gasteiger partial charge in [-0.25, -0.2) is 0 Å². The lowest BCUT2D eigenvalue weighted by Crippen LogP contribution is -2.47. The van der Waals surface area contributed by atoms with Gasteiger partial charge < -0.3 is 14.2 Å². The van der Waals surface area contributed by atoms with Crippen molar-refractivity contribution in [2.75, 3.05) is 13.7 Å². The maximum Gasteiger partial charge on any atom is 0.296 e. The number of methoxy groups -OCH3 is 1. The van der Waals surface area contributed by atoms with Crippen molar-refractivity contribution in [1.29, 1.82) is 0 Å². The van der Waals surface area contributed by atoms with Crippen LogP contribution in [0.5, 0.6) is 5.75 Å².